The van der Waals surface area contributed by atoms with Crippen LogP contribution in [0.1, 0.15) is 29.0 Å². The van der Waals surface area contributed by atoms with Crippen molar-refractivity contribution in [2.75, 3.05) is 25.1 Å². The standard InChI is InChI=1S/C24H26N2O3S/c1-28-22-12-6-5-11-21(22)26-14-7-8-19(16-26)25-24(27)23-18(13-15-29-23)17-30-20-9-3-2-4-10-20/h2-6,9-13,15,19H,7-8,14,16-17H2,1H3,(H,25,27). The highest BCUT2D eigenvalue weighted by Crippen LogP contribution is 2.30. The number of carbonyl (C=O) groups excluding carboxylic acids is 1. The monoisotopic (exact) mass is 422 g/mol. The Morgan fingerprint density at radius 1 is 1.17 bits per heavy atom. The van der Waals surface area contributed by atoms with E-state index in [4.69, 9.17) is 9.15 Å². The van der Waals surface area contributed by atoms with E-state index < -0.39 is 0 Å². The number of ether oxygens (including phenoxy) is 1. The van der Waals surface area contributed by atoms with Crippen LogP contribution in [0.25, 0.3) is 0 Å². The van der Waals surface area contributed by atoms with Gasteiger partial charge in [-0.1, -0.05) is 30.3 Å². The van der Waals surface area contributed by atoms with Gasteiger partial charge in [0.15, 0.2) is 5.76 Å². The molecule has 1 aromatic heterocycles. The van der Waals surface area contributed by atoms with Crippen LogP contribution in [-0.2, 0) is 5.75 Å². The van der Waals surface area contributed by atoms with E-state index in [0.29, 0.717) is 11.5 Å². The first-order valence-corrected chi connectivity index (χ1v) is 11.2. The van der Waals surface area contributed by atoms with Crippen molar-refractivity contribution in [3.05, 3.63) is 78.3 Å². The van der Waals surface area contributed by atoms with E-state index in [1.54, 1.807) is 25.1 Å². The van der Waals surface area contributed by atoms with Crippen molar-refractivity contribution < 1.29 is 13.9 Å². The lowest BCUT2D eigenvalue weighted by Crippen LogP contribution is -2.48. The van der Waals surface area contributed by atoms with Gasteiger partial charge in [-0.05, 0) is 43.2 Å². The van der Waals surface area contributed by atoms with E-state index in [0.717, 1.165) is 42.9 Å². The van der Waals surface area contributed by atoms with Crippen LogP contribution in [0.4, 0.5) is 5.69 Å². The molecule has 1 aliphatic heterocycles. The second kappa shape index (κ2) is 9.76. The number of hydrogen-bond donors (Lipinski definition) is 1. The lowest BCUT2D eigenvalue weighted by Gasteiger charge is -2.35. The predicted molar refractivity (Wildman–Crippen MR) is 120 cm³/mol. The molecule has 2 aromatic carbocycles. The number of nitrogens with zero attached hydrogens (tertiary/aromatic N) is 1. The Morgan fingerprint density at radius 3 is 2.80 bits per heavy atom. The van der Waals surface area contributed by atoms with Crippen molar-refractivity contribution in [3.63, 3.8) is 0 Å². The van der Waals surface area contributed by atoms with E-state index >= 15 is 0 Å². The van der Waals surface area contributed by atoms with Crippen molar-refractivity contribution in [2.24, 2.45) is 0 Å². The first-order chi connectivity index (χ1) is 14.7. The minimum Gasteiger partial charge on any atom is -0.495 e. The van der Waals surface area contributed by atoms with Crippen LogP contribution in [0.15, 0.2) is 76.2 Å². The van der Waals surface area contributed by atoms with Crippen LogP contribution in [0.3, 0.4) is 0 Å². The maximum atomic E-state index is 12.9. The Balaban J connectivity index is 1.39. The molecule has 1 aliphatic rings. The molecule has 0 bridgehead atoms. The molecule has 156 valence electrons. The predicted octanol–water partition coefficient (Wildman–Crippen LogP) is 4.98. The number of hydrogen-bond acceptors (Lipinski definition) is 5. The number of furan rings is 1. The van der Waals surface area contributed by atoms with Gasteiger partial charge in [-0.2, -0.15) is 0 Å². The molecule has 1 unspecified atom stereocenters. The molecule has 4 rings (SSSR count). The van der Waals surface area contributed by atoms with Gasteiger partial charge in [0.25, 0.3) is 5.91 Å². The highest BCUT2D eigenvalue weighted by Gasteiger charge is 2.25. The molecule has 1 N–H and O–H groups in total. The fourth-order valence-electron chi connectivity index (χ4n) is 3.78. The number of carbonyl (C=O) groups is 1. The van der Waals surface area contributed by atoms with E-state index in [9.17, 15) is 4.79 Å². The maximum Gasteiger partial charge on any atom is 0.287 e. The molecule has 1 atom stereocenters. The van der Waals surface area contributed by atoms with Crippen molar-refractivity contribution in [2.45, 2.75) is 29.5 Å². The van der Waals surface area contributed by atoms with Crippen LogP contribution in [-0.4, -0.2) is 32.1 Å². The van der Waals surface area contributed by atoms with Gasteiger partial charge in [0.2, 0.25) is 0 Å². The Labute approximate surface area is 181 Å². The number of thioether (sulfide) groups is 1. The van der Waals surface area contributed by atoms with Crippen molar-refractivity contribution in [1.29, 1.82) is 0 Å². The van der Waals surface area contributed by atoms with Crippen LogP contribution in [0.2, 0.25) is 0 Å². The third-order valence-electron chi connectivity index (χ3n) is 5.27. The van der Waals surface area contributed by atoms with Gasteiger partial charge < -0.3 is 19.4 Å². The molecular weight excluding hydrogens is 396 g/mol. The molecule has 6 heteroatoms. The normalized spacial score (nSPS) is 16.3. The lowest BCUT2D eigenvalue weighted by atomic mass is 10.0. The quantitative estimate of drug-likeness (QED) is 0.544. The van der Waals surface area contributed by atoms with Crippen molar-refractivity contribution >= 4 is 23.4 Å². The molecular formula is C24H26N2O3S. The molecule has 0 radical (unpaired) electrons. The number of para-hydroxylation sites is 2. The van der Waals surface area contributed by atoms with E-state index in [1.165, 1.54) is 4.90 Å². The average Bonchev–Trinajstić information content (AvgIpc) is 3.27. The number of piperidine rings is 1. The van der Waals surface area contributed by atoms with Crippen LogP contribution in [0, 0.1) is 0 Å². The summed E-state index contributed by atoms with van der Waals surface area (Å²) in [5, 5.41) is 3.17. The summed E-state index contributed by atoms with van der Waals surface area (Å²) in [5.74, 6) is 1.82. The van der Waals surface area contributed by atoms with Gasteiger partial charge in [-0.25, -0.2) is 0 Å². The van der Waals surface area contributed by atoms with Gasteiger partial charge in [0, 0.05) is 35.3 Å². The molecule has 3 aromatic rings. The SMILES string of the molecule is COc1ccccc1N1CCCC(NC(=O)c2occc2CSc2ccccc2)C1. The smallest absolute Gasteiger partial charge is 0.287 e. The van der Waals surface area contributed by atoms with Gasteiger partial charge in [0.05, 0.1) is 19.1 Å². The third-order valence-corrected chi connectivity index (χ3v) is 6.33. The number of amides is 1. The zero-order valence-corrected chi connectivity index (χ0v) is 17.9. The number of benzene rings is 2. The lowest BCUT2D eigenvalue weighted by molar-refractivity contribution is 0.0904. The number of anilines is 1. The minimum atomic E-state index is -0.143. The number of nitrogens with one attached hydrogen (secondary N) is 1. The zero-order valence-electron chi connectivity index (χ0n) is 17.0. The molecule has 0 saturated carbocycles. The second-order valence-electron chi connectivity index (χ2n) is 7.31. The van der Waals surface area contributed by atoms with Gasteiger partial charge in [-0.3, -0.25) is 4.79 Å². The summed E-state index contributed by atoms with van der Waals surface area (Å²) in [7, 11) is 1.69. The molecule has 5 nitrogen and oxygen atoms in total. The summed E-state index contributed by atoms with van der Waals surface area (Å²) in [5.41, 5.74) is 1.98. The average molecular weight is 423 g/mol. The number of methoxy groups -OCH3 is 1. The molecule has 0 aliphatic carbocycles. The third kappa shape index (κ3) is 4.82. The molecule has 30 heavy (non-hydrogen) atoms. The summed E-state index contributed by atoms with van der Waals surface area (Å²) in [4.78, 5) is 16.4. The zero-order chi connectivity index (χ0) is 20.8. The summed E-state index contributed by atoms with van der Waals surface area (Å²) >= 11 is 1.70. The Hall–Kier alpha value is -2.86. The Kier molecular flexibility index (Phi) is 6.64. The maximum absolute atomic E-state index is 12.9. The second-order valence-corrected chi connectivity index (χ2v) is 8.36. The highest BCUT2D eigenvalue weighted by molar-refractivity contribution is 7.98. The van der Waals surface area contributed by atoms with Gasteiger partial charge in [0.1, 0.15) is 5.75 Å². The molecule has 1 amide bonds. The summed E-state index contributed by atoms with van der Waals surface area (Å²) < 4.78 is 11.1. The summed E-state index contributed by atoms with van der Waals surface area (Å²) in [6.07, 6.45) is 3.56. The molecule has 1 saturated heterocycles. The minimum absolute atomic E-state index is 0.0656. The van der Waals surface area contributed by atoms with Gasteiger partial charge >= 0.3 is 0 Å². The van der Waals surface area contributed by atoms with Crippen LogP contribution < -0.4 is 15.0 Å². The fraction of sp³-hybridized carbons (Fsp3) is 0.292. The van der Waals surface area contributed by atoms with E-state index in [1.807, 2.05) is 42.5 Å². The topological polar surface area (TPSA) is 54.7 Å². The Morgan fingerprint density at radius 2 is 1.97 bits per heavy atom. The van der Waals surface area contributed by atoms with Crippen molar-refractivity contribution in [3.8, 4) is 5.75 Å². The highest BCUT2D eigenvalue weighted by atomic mass is 32.2. The van der Waals surface area contributed by atoms with Crippen LogP contribution in [0.5, 0.6) is 5.75 Å². The van der Waals surface area contributed by atoms with Crippen molar-refractivity contribution in [1.82, 2.24) is 5.32 Å². The first-order valence-electron chi connectivity index (χ1n) is 10.2. The van der Waals surface area contributed by atoms with E-state index in [2.05, 4.69) is 28.4 Å². The number of rotatable bonds is 7. The molecule has 0 spiro atoms. The summed E-state index contributed by atoms with van der Waals surface area (Å²) in [6, 6.07) is 20.1. The summed E-state index contributed by atoms with van der Waals surface area (Å²) in [6.45, 7) is 1.70. The largest absolute Gasteiger partial charge is 0.495 e. The first kappa shape index (κ1) is 20.4. The van der Waals surface area contributed by atoms with E-state index in [-0.39, 0.29) is 11.9 Å². The Bertz CT molecular complexity index is 973. The fourth-order valence-corrected chi connectivity index (χ4v) is 4.68. The van der Waals surface area contributed by atoms with Crippen LogP contribution >= 0.6 is 11.8 Å². The van der Waals surface area contributed by atoms with Gasteiger partial charge in [-0.15, -0.1) is 11.8 Å². The molecule has 2 heterocycles. The molecule has 1 fully saturated rings.